The smallest absolute Gasteiger partial charge is 0.267 e. The van der Waals surface area contributed by atoms with Crippen LogP contribution in [0.15, 0.2) is 36.0 Å². The Balaban J connectivity index is 2.57. The van der Waals surface area contributed by atoms with Crippen LogP contribution in [0.1, 0.15) is 12.0 Å². The van der Waals surface area contributed by atoms with Crippen molar-refractivity contribution in [2.75, 3.05) is 25.6 Å². The van der Waals surface area contributed by atoms with Gasteiger partial charge in [0.1, 0.15) is 11.6 Å². The Labute approximate surface area is 119 Å². The molecule has 1 aromatic carbocycles. The van der Waals surface area contributed by atoms with Gasteiger partial charge in [-0.3, -0.25) is 4.79 Å². The minimum atomic E-state index is -0.416. The van der Waals surface area contributed by atoms with Crippen molar-refractivity contribution in [1.29, 1.82) is 5.26 Å². The van der Waals surface area contributed by atoms with Crippen LogP contribution in [-0.4, -0.2) is 26.2 Å². The Bertz CT molecular complexity index is 518. The number of amides is 1. The highest BCUT2D eigenvalue weighted by molar-refractivity contribution is 6.06. The summed E-state index contributed by atoms with van der Waals surface area (Å²) in [6.45, 7) is 3.18. The number of nitrogens with zero attached hydrogens (tertiary/aromatic N) is 1. The summed E-state index contributed by atoms with van der Waals surface area (Å²) in [5, 5.41) is 14.6. The van der Waals surface area contributed by atoms with Crippen LogP contribution in [0.3, 0.4) is 0 Å². The van der Waals surface area contributed by atoms with E-state index >= 15 is 0 Å². The lowest BCUT2D eigenvalue weighted by molar-refractivity contribution is -0.112. The Kier molecular flexibility index (Phi) is 6.87. The van der Waals surface area contributed by atoms with Gasteiger partial charge in [-0.2, -0.15) is 5.26 Å². The minimum Gasteiger partial charge on any atom is -0.390 e. The summed E-state index contributed by atoms with van der Waals surface area (Å²) in [4.78, 5) is 11.9. The van der Waals surface area contributed by atoms with Gasteiger partial charge >= 0.3 is 0 Å². The van der Waals surface area contributed by atoms with Crippen molar-refractivity contribution in [1.82, 2.24) is 5.32 Å². The summed E-state index contributed by atoms with van der Waals surface area (Å²) >= 11 is 0. The molecule has 2 N–H and O–H groups in total. The lowest BCUT2D eigenvalue weighted by Gasteiger charge is -2.07. The predicted molar refractivity (Wildman–Crippen MR) is 78.0 cm³/mol. The van der Waals surface area contributed by atoms with Crippen molar-refractivity contribution in [3.63, 3.8) is 0 Å². The van der Waals surface area contributed by atoms with Gasteiger partial charge in [-0.05, 0) is 25.0 Å². The first-order chi connectivity index (χ1) is 9.69. The second-order valence-corrected chi connectivity index (χ2v) is 4.24. The molecule has 0 saturated heterocycles. The zero-order valence-corrected chi connectivity index (χ0v) is 11.8. The number of rotatable bonds is 7. The second-order valence-electron chi connectivity index (χ2n) is 4.24. The molecular formula is C15H19N3O2. The van der Waals surface area contributed by atoms with Crippen LogP contribution in [-0.2, 0) is 9.53 Å². The number of hydrogen-bond acceptors (Lipinski definition) is 4. The van der Waals surface area contributed by atoms with Gasteiger partial charge in [-0.25, -0.2) is 0 Å². The highest BCUT2D eigenvalue weighted by Gasteiger charge is 2.09. The predicted octanol–water partition coefficient (Wildman–Crippen LogP) is 1.97. The molecule has 0 aliphatic heterocycles. The molecule has 5 heteroatoms. The third-order valence-corrected chi connectivity index (χ3v) is 2.67. The molecule has 0 atom stereocenters. The van der Waals surface area contributed by atoms with Gasteiger partial charge < -0.3 is 15.4 Å². The van der Waals surface area contributed by atoms with Gasteiger partial charge in [-0.15, -0.1) is 0 Å². The molecule has 0 unspecified atom stereocenters. The number of hydrogen-bond donors (Lipinski definition) is 2. The van der Waals surface area contributed by atoms with Crippen molar-refractivity contribution in [3.05, 3.63) is 41.6 Å². The first-order valence-electron chi connectivity index (χ1n) is 6.38. The number of benzene rings is 1. The minimum absolute atomic E-state index is 0.0469. The van der Waals surface area contributed by atoms with E-state index in [9.17, 15) is 4.79 Å². The molecule has 20 heavy (non-hydrogen) atoms. The van der Waals surface area contributed by atoms with E-state index in [1.165, 1.54) is 6.20 Å². The number of carbonyl (C=O) groups is 1. The summed E-state index contributed by atoms with van der Waals surface area (Å²) in [5.41, 5.74) is 1.70. The van der Waals surface area contributed by atoms with Crippen LogP contribution in [0.2, 0.25) is 0 Å². The zero-order chi connectivity index (χ0) is 14.8. The van der Waals surface area contributed by atoms with E-state index < -0.39 is 5.91 Å². The molecule has 0 aromatic heterocycles. The van der Waals surface area contributed by atoms with E-state index in [0.29, 0.717) is 18.8 Å². The number of para-hydroxylation sites is 1. The SMILES string of the molecule is COCCCN/C=C(/C#N)C(=O)Nc1ccccc1C. The monoisotopic (exact) mass is 273 g/mol. The molecule has 0 fully saturated rings. The fourth-order valence-electron chi connectivity index (χ4n) is 1.54. The number of methoxy groups -OCH3 is 1. The van der Waals surface area contributed by atoms with Crippen molar-refractivity contribution in [3.8, 4) is 6.07 Å². The van der Waals surface area contributed by atoms with Crippen molar-refractivity contribution in [2.24, 2.45) is 0 Å². The molecule has 1 amide bonds. The fourth-order valence-corrected chi connectivity index (χ4v) is 1.54. The summed E-state index contributed by atoms with van der Waals surface area (Å²) in [6.07, 6.45) is 2.24. The van der Waals surface area contributed by atoms with Gasteiger partial charge in [0.2, 0.25) is 0 Å². The number of anilines is 1. The molecule has 0 saturated carbocycles. The largest absolute Gasteiger partial charge is 0.390 e. The molecule has 0 spiro atoms. The van der Waals surface area contributed by atoms with Crippen molar-refractivity contribution < 1.29 is 9.53 Å². The van der Waals surface area contributed by atoms with Crippen LogP contribution >= 0.6 is 0 Å². The van der Waals surface area contributed by atoms with E-state index in [2.05, 4.69) is 10.6 Å². The third-order valence-electron chi connectivity index (χ3n) is 2.67. The number of aryl methyl sites for hydroxylation is 1. The maximum atomic E-state index is 11.9. The van der Waals surface area contributed by atoms with Crippen molar-refractivity contribution >= 4 is 11.6 Å². The maximum absolute atomic E-state index is 11.9. The number of carbonyl (C=O) groups excluding carboxylic acids is 1. The molecule has 1 rings (SSSR count). The van der Waals surface area contributed by atoms with Gasteiger partial charge in [0.25, 0.3) is 5.91 Å². The van der Waals surface area contributed by atoms with Crippen LogP contribution in [0.25, 0.3) is 0 Å². The third kappa shape index (κ3) is 5.12. The number of ether oxygens (including phenoxy) is 1. The average Bonchev–Trinajstić information content (AvgIpc) is 2.45. The number of nitriles is 1. The Morgan fingerprint density at radius 1 is 1.45 bits per heavy atom. The van der Waals surface area contributed by atoms with Gasteiger partial charge in [0, 0.05) is 32.1 Å². The van der Waals surface area contributed by atoms with Crippen molar-refractivity contribution in [2.45, 2.75) is 13.3 Å². The molecule has 0 radical (unpaired) electrons. The Hall–Kier alpha value is -2.32. The molecule has 106 valence electrons. The summed E-state index contributed by atoms with van der Waals surface area (Å²) in [6, 6.07) is 9.31. The number of nitrogens with one attached hydrogen (secondary N) is 2. The molecule has 0 heterocycles. The Morgan fingerprint density at radius 3 is 2.85 bits per heavy atom. The lowest BCUT2D eigenvalue weighted by Crippen LogP contribution is -2.18. The van der Waals surface area contributed by atoms with Crippen LogP contribution < -0.4 is 10.6 Å². The van der Waals surface area contributed by atoms with E-state index in [1.807, 2.05) is 31.2 Å². The van der Waals surface area contributed by atoms with Gasteiger partial charge in [0.05, 0.1) is 0 Å². The molecule has 1 aromatic rings. The van der Waals surface area contributed by atoms with E-state index in [0.717, 1.165) is 12.0 Å². The summed E-state index contributed by atoms with van der Waals surface area (Å²) in [7, 11) is 1.63. The topological polar surface area (TPSA) is 74.1 Å². The van der Waals surface area contributed by atoms with Gasteiger partial charge in [0.15, 0.2) is 0 Å². The quantitative estimate of drug-likeness (QED) is 0.452. The van der Waals surface area contributed by atoms with E-state index in [1.54, 1.807) is 13.2 Å². The maximum Gasteiger partial charge on any atom is 0.267 e. The highest BCUT2D eigenvalue weighted by atomic mass is 16.5. The fraction of sp³-hybridized carbons (Fsp3) is 0.333. The first-order valence-corrected chi connectivity index (χ1v) is 6.38. The van der Waals surface area contributed by atoms with Crippen LogP contribution in [0.4, 0.5) is 5.69 Å². The molecule has 0 aliphatic rings. The molecule has 0 aliphatic carbocycles. The summed E-state index contributed by atoms with van der Waals surface area (Å²) < 4.78 is 4.91. The molecule has 5 nitrogen and oxygen atoms in total. The second kappa shape index (κ2) is 8.73. The molecular weight excluding hydrogens is 254 g/mol. The molecule has 0 bridgehead atoms. The highest BCUT2D eigenvalue weighted by Crippen LogP contribution is 2.13. The average molecular weight is 273 g/mol. The van der Waals surface area contributed by atoms with E-state index in [4.69, 9.17) is 10.00 Å². The standard InChI is InChI=1S/C15H19N3O2/c1-12-6-3-4-7-14(12)18-15(19)13(10-16)11-17-8-5-9-20-2/h3-4,6-7,11,17H,5,8-9H2,1-2H3,(H,18,19)/b13-11-. The Morgan fingerprint density at radius 2 is 2.20 bits per heavy atom. The first kappa shape index (κ1) is 15.7. The zero-order valence-electron chi connectivity index (χ0n) is 11.8. The van der Waals surface area contributed by atoms with Crippen LogP contribution in [0.5, 0.6) is 0 Å². The van der Waals surface area contributed by atoms with E-state index in [-0.39, 0.29) is 5.57 Å². The van der Waals surface area contributed by atoms with Gasteiger partial charge in [-0.1, -0.05) is 18.2 Å². The summed E-state index contributed by atoms with van der Waals surface area (Å²) in [5.74, 6) is -0.416. The normalized spacial score (nSPS) is 10.8. The van der Waals surface area contributed by atoms with Crippen LogP contribution in [0, 0.1) is 18.3 Å². The lowest BCUT2D eigenvalue weighted by atomic mass is 10.2.